The second kappa shape index (κ2) is 4.73. The number of rotatable bonds is 2. The van der Waals surface area contributed by atoms with Gasteiger partial charge in [-0.05, 0) is 36.8 Å². The van der Waals surface area contributed by atoms with Gasteiger partial charge in [0.05, 0.1) is 11.9 Å². The van der Waals surface area contributed by atoms with Gasteiger partial charge < -0.3 is 10.3 Å². The van der Waals surface area contributed by atoms with Crippen molar-refractivity contribution in [1.29, 1.82) is 0 Å². The molecule has 2 heterocycles. The van der Waals surface area contributed by atoms with Gasteiger partial charge in [-0.3, -0.25) is 0 Å². The first-order valence-electron chi connectivity index (χ1n) is 5.95. The van der Waals surface area contributed by atoms with E-state index in [2.05, 4.69) is 15.1 Å². The summed E-state index contributed by atoms with van der Waals surface area (Å²) in [5, 5.41) is 3.86. The zero-order chi connectivity index (χ0) is 14.1. The maximum Gasteiger partial charge on any atom is 0.276 e. The Morgan fingerprint density at radius 2 is 2.05 bits per heavy atom. The molecule has 1 aromatic carbocycles. The van der Waals surface area contributed by atoms with Crippen molar-refractivity contribution < 1.29 is 8.91 Å². The van der Waals surface area contributed by atoms with Crippen molar-refractivity contribution in [2.45, 2.75) is 6.92 Å². The van der Waals surface area contributed by atoms with Gasteiger partial charge in [0.1, 0.15) is 11.5 Å². The van der Waals surface area contributed by atoms with E-state index in [9.17, 15) is 4.39 Å². The van der Waals surface area contributed by atoms with Crippen molar-refractivity contribution >= 4 is 5.69 Å². The number of benzene rings is 1. The van der Waals surface area contributed by atoms with Crippen LogP contribution < -0.4 is 5.73 Å². The van der Waals surface area contributed by atoms with Crippen LogP contribution in [0.3, 0.4) is 0 Å². The van der Waals surface area contributed by atoms with Crippen LogP contribution in [0, 0.1) is 12.7 Å². The van der Waals surface area contributed by atoms with E-state index < -0.39 is 0 Å². The van der Waals surface area contributed by atoms with Crippen LogP contribution >= 0.6 is 0 Å². The number of hydrogen-bond donors (Lipinski definition) is 1. The van der Waals surface area contributed by atoms with Gasteiger partial charge in [0.15, 0.2) is 0 Å². The fourth-order valence-corrected chi connectivity index (χ4v) is 1.80. The molecule has 0 aliphatic carbocycles. The number of anilines is 1. The molecule has 2 N–H and O–H groups in total. The number of hydrogen-bond acceptors (Lipinski definition) is 5. The highest BCUT2D eigenvalue weighted by Gasteiger charge is 2.13. The maximum absolute atomic E-state index is 13.3. The molecule has 3 aromatic rings. The van der Waals surface area contributed by atoms with E-state index in [0.717, 1.165) is 5.56 Å². The van der Waals surface area contributed by atoms with Gasteiger partial charge in [0.2, 0.25) is 5.82 Å². The molecular weight excluding hydrogens is 259 g/mol. The molecule has 2 aromatic heterocycles. The van der Waals surface area contributed by atoms with Gasteiger partial charge >= 0.3 is 0 Å². The average Bonchev–Trinajstić information content (AvgIpc) is 2.92. The predicted octanol–water partition coefficient (Wildman–Crippen LogP) is 2.83. The molecule has 0 aliphatic rings. The molecule has 0 bridgehead atoms. The van der Waals surface area contributed by atoms with E-state index in [1.54, 1.807) is 18.2 Å². The lowest BCUT2D eigenvalue weighted by atomic mass is 10.1. The first-order valence-corrected chi connectivity index (χ1v) is 5.95. The molecular formula is C14H11FN4O. The van der Waals surface area contributed by atoms with Crippen molar-refractivity contribution in [2.75, 3.05) is 5.73 Å². The summed E-state index contributed by atoms with van der Waals surface area (Å²) in [5.74, 6) is 0.252. The highest BCUT2D eigenvalue weighted by atomic mass is 19.1. The average molecular weight is 270 g/mol. The zero-order valence-corrected chi connectivity index (χ0v) is 10.7. The summed E-state index contributed by atoms with van der Waals surface area (Å²) in [6.07, 6.45) is 1.51. The van der Waals surface area contributed by atoms with E-state index in [1.807, 2.05) is 6.92 Å². The lowest BCUT2D eigenvalue weighted by Gasteiger charge is -1.99. The van der Waals surface area contributed by atoms with Crippen molar-refractivity contribution in [2.24, 2.45) is 0 Å². The molecule has 0 unspecified atom stereocenters. The number of pyridine rings is 1. The minimum Gasteiger partial charge on any atom is -0.397 e. The van der Waals surface area contributed by atoms with Crippen LogP contribution in [0.15, 0.2) is 41.1 Å². The Morgan fingerprint density at radius 1 is 1.20 bits per heavy atom. The molecule has 100 valence electrons. The van der Waals surface area contributed by atoms with Gasteiger partial charge in [-0.15, -0.1) is 0 Å². The molecule has 6 heteroatoms. The molecule has 0 saturated carbocycles. The van der Waals surface area contributed by atoms with Gasteiger partial charge in [-0.2, -0.15) is 4.98 Å². The Balaban J connectivity index is 2.01. The molecule has 0 spiro atoms. The molecule has 0 amide bonds. The second-order valence-corrected chi connectivity index (χ2v) is 4.36. The van der Waals surface area contributed by atoms with E-state index in [0.29, 0.717) is 22.8 Å². The van der Waals surface area contributed by atoms with Crippen molar-refractivity contribution in [1.82, 2.24) is 15.1 Å². The number of aryl methyl sites for hydroxylation is 1. The molecule has 0 aliphatic heterocycles. The van der Waals surface area contributed by atoms with Crippen molar-refractivity contribution in [3.8, 4) is 23.0 Å². The smallest absolute Gasteiger partial charge is 0.276 e. The number of nitrogen functional groups attached to an aromatic ring is 1. The number of aromatic nitrogens is 3. The number of halogens is 1. The number of nitrogens with zero attached hydrogens (tertiary/aromatic N) is 3. The Morgan fingerprint density at radius 3 is 2.80 bits per heavy atom. The predicted molar refractivity (Wildman–Crippen MR) is 72.1 cm³/mol. The van der Waals surface area contributed by atoms with Crippen molar-refractivity contribution in [3.05, 3.63) is 47.9 Å². The molecule has 5 nitrogen and oxygen atoms in total. The van der Waals surface area contributed by atoms with Crippen LogP contribution in [0.5, 0.6) is 0 Å². The van der Waals surface area contributed by atoms with E-state index in [4.69, 9.17) is 10.3 Å². The lowest BCUT2D eigenvalue weighted by Crippen LogP contribution is -1.89. The summed E-state index contributed by atoms with van der Waals surface area (Å²) in [6.45, 7) is 1.85. The molecule has 0 fully saturated rings. The number of nitrogens with two attached hydrogens (primary N) is 1. The molecule has 3 rings (SSSR count). The summed E-state index contributed by atoms with van der Waals surface area (Å²) < 4.78 is 18.4. The van der Waals surface area contributed by atoms with Gasteiger partial charge in [0.25, 0.3) is 5.89 Å². The Hall–Kier alpha value is -2.76. The van der Waals surface area contributed by atoms with Crippen LogP contribution in [0.4, 0.5) is 10.1 Å². The standard InChI is InChI=1S/C14H11FN4O/c1-8-2-3-9(15)6-11(8)13-18-14(20-19-13)12-5-4-10(16)7-17-12/h2-7H,16H2,1H3. The highest BCUT2D eigenvalue weighted by molar-refractivity contribution is 5.62. The maximum atomic E-state index is 13.3. The molecule has 20 heavy (non-hydrogen) atoms. The quantitative estimate of drug-likeness (QED) is 0.774. The topological polar surface area (TPSA) is 77.8 Å². The largest absolute Gasteiger partial charge is 0.397 e. The van der Waals surface area contributed by atoms with E-state index in [-0.39, 0.29) is 11.7 Å². The Labute approximate surface area is 114 Å². The van der Waals surface area contributed by atoms with Crippen LogP contribution in [-0.4, -0.2) is 15.1 Å². The molecule has 0 radical (unpaired) electrons. The fourth-order valence-electron chi connectivity index (χ4n) is 1.80. The minimum absolute atomic E-state index is 0.267. The zero-order valence-electron chi connectivity index (χ0n) is 10.7. The molecule has 0 saturated heterocycles. The highest BCUT2D eigenvalue weighted by Crippen LogP contribution is 2.24. The van der Waals surface area contributed by atoms with Crippen LogP contribution in [0.2, 0.25) is 0 Å². The Kier molecular flexibility index (Phi) is 2.90. The van der Waals surface area contributed by atoms with Crippen LogP contribution in [0.1, 0.15) is 5.56 Å². The SMILES string of the molecule is Cc1ccc(F)cc1-c1noc(-c2ccc(N)cn2)n1. The summed E-state index contributed by atoms with van der Waals surface area (Å²) in [7, 11) is 0. The summed E-state index contributed by atoms with van der Waals surface area (Å²) in [4.78, 5) is 8.33. The first-order chi connectivity index (χ1) is 9.63. The minimum atomic E-state index is -0.345. The third kappa shape index (κ3) is 2.23. The lowest BCUT2D eigenvalue weighted by molar-refractivity contribution is 0.431. The summed E-state index contributed by atoms with van der Waals surface area (Å²) >= 11 is 0. The monoisotopic (exact) mass is 270 g/mol. The third-order valence-corrected chi connectivity index (χ3v) is 2.87. The summed E-state index contributed by atoms with van der Waals surface area (Å²) in [5.41, 5.74) is 8.10. The van der Waals surface area contributed by atoms with E-state index in [1.165, 1.54) is 18.3 Å². The van der Waals surface area contributed by atoms with E-state index >= 15 is 0 Å². The second-order valence-electron chi connectivity index (χ2n) is 4.36. The Bertz CT molecular complexity index is 752. The fraction of sp³-hybridized carbons (Fsp3) is 0.0714. The third-order valence-electron chi connectivity index (χ3n) is 2.87. The molecule has 0 atom stereocenters. The van der Waals surface area contributed by atoms with Crippen molar-refractivity contribution in [3.63, 3.8) is 0 Å². The van der Waals surface area contributed by atoms with Gasteiger partial charge in [-0.1, -0.05) is 11.2 Å². The van der Waals surface area contributed by atoms with Crippen LogP contribution in [0.25, 0.3) is 23.0 Å². The summed E-state index contributed by atoms with van der Waals surface area (Å²) in [6, 6.07) is 7.81. The van der Waals surface area contributed by atoms with Gasteiger partial charge in [0, 0.05) is 5.56 Å². The first kappa shape index (κ1) is 12.3. The normalized spacial score (nSPS) is 10.7. The van der Waals surface area contributed by atoms with Gasteiger partial charge in [-0.25, -0.2) is 9.37 Å². The van der Waals surface area contributed by atoms with Crippen LogP contribution in [-0.2, 0) is 0 Å².